The first-order valence-electron chi connectivity index (χ1n) is 10.4. The lowest BCUT2D eigenvalue weighted by Crippen LogP contribution is -2.20. The maximum atomic E-state index is 10.9. The van der Waals surface area contributed by atoms with Crippen LogP contribution in [-0.4, -0.2) is 39.4 Å². The molecule has 0 amide bonds. The van der Waals surface area contributed by atoms with Gasteiger partial charge < -0.3 is 20.1 Å². The molecule has 3 N–H and O–H groups in total. The predicted molar refractivity (Wildman–Crippen MR) is 112 cm³/mol. The van der Waals surface area contributed by atoms with Gasteiger partial charge in [0.25, 0.3) is 0 Å². The number of aliphatic hydroxyl groups is 3. The Morgan fingerprint density at radius 3 is 2.64 bits per heavy atom. The van der Waals surface area contributed by atoms with Crippen molar-refractivity contribution in [2.75, 3.05) is 0 Å². The van der Waals surface area contributed by atoms with Gasteiger partial charge in [0.15, 0.2) is 0 Å². The summed E-state index contributed by atoms with van der Waals surface area (Å²) in [6.45, 7) is 1.60. The number of aliphatic hydroxyl groups excluding tert-OH is 3. The molecule has 5 atom stereocenters. The molecule has 0 aromatic heterocycles. The van der Waals surface area contributed by atoms with Crippen LogP contribution in [0.5, 0.6) is 0 Å². The Morgan fingerprint density at radius 1 is 1.18 bits per heavy atom. The van der Waals surface area contributed by atoms with Crippen LogP contribution in [0.4, 0.5) is 0 Å². The predicted octanol–water partition coefficient (Wildman–Crippen LogP) is 3.60. The molecule has 1 fully saturated rings. The van der Waals surface area contributed by atoms with Crippen LogP contribution in [0.25, 0.3) is 0 Å². The summed E-state index contributed by atoms with van der Waals surface area (Å²) >= 11 is 0. The van der Waals surface area contributed by atoms with E-state index >= 15 is 0 Å². The number of unbranched alkanes of at least 4 members (excludes halogenated alkanes) is 1. The molecule has 1 aliphatic rings. The van der Waals surface area contributed by atoms with Crippen molar-refractivity contribution in [3.63, 3.8) is 0 Å². The average Bonchev–Trinajstić information content (AvgIpc) is 2.94. The molecular weight excluding hydrogens is 352 g/mol. The van der Waals surface area contributed by atoms with Crippen LogP contribution in [0.15, 0.2) is 54.6 Å². The number of carbonyl (C=O) groups is 1. The van der Waals surface area contributed by atoms with Gasteiger partial charge in [-0.3, -0.25) is 0 Å². The quantitative estimate of drug-likeness (QED) is 0.401. The average molecular weight is 387 g/mol. The van der Waals surface area contributed by atoms with Crippen LogP contribution in [0.2, 0.25) is 0 Å². The van der Waals surface area contributed by atoms with Crippen molar-refractivity contribution in [3.05, 3.63) is 60.2 Å². The standard InChI is InChI=1S/C24H34O4/c1-18(25)9-5-2-3-8-12-21-22(24(28)17-23(21)27)16-15-20(26)14-13-19-10-6-4-7-11-19/h3-4,6-8,10-11,15-16,20-24,26-28H,2,5,9,12-14,17H2,1H3/b8-3-,16-15+/t20-,21+,22+,23-,24+/m0/s1. The van der Waals surface area contributed by atoms with Crippen LogP contribution in [-0.2, 0) is 11.2 Å². The van der Waals surface area contributed by atoms with Crippen molar-refractivity contribution in [1.82, 2.24) is 0 Å². The minimum Gasteiger partial charge on any atom is -0.393 e. The number of ketones is 1. The Bertz CT molecular complexity index is 637. The van der Waals surface area contributed by atoms with E-state index in [0.717, 1.165) is 19.3 Å². The maximum Gasteiger partial charge on any atom is 0.129 e. The number of aryl methyl sites for hydroxylation is 1. The molecule has 4 heteroatoms. The highest BCUT2D eigenvalue weighted by atomic mass is 16.3. The number of Topliss-reactive ketones (excluding diaryl/α,β-unsaturated/α-hetero) is 1. The van der Waals surface area contributed by atoms with E-state index in [-0.39, 0.29) is 17.6 Å². The monoisotopic (exact) mass is 386 g/mol. The number of carbonyl (C=O) groups excluding carboxylic acids is 1. The first-order valence-corrected chi connectivity index (χ1v) is 10.4. The summed E-state index contributed by atoms with van der Waals surface area (Å²) in [6, 6.07) is 10.1. The van der Waals surface area contributed by atoms with E-state index in [2.05, 4.69) is 6.08 Å². The van der Waals surface area contributed by atoms with E-state index in [4.69, 9.17) is 0 Å². The normalized spacial score (nSPS) is 26.3. The van der Waals surface area contributed by atoms with Crippen molar-refractivity contribution in [2.45, 2.75) is 70.2 Å². The van der Waals surface area contributed by atoms with Gasteiger partial charge in [-0.2, -0.15) is 0 Å². The van der Waals surface area contributed by atoms with Gasteiger partial charge >= 0.3 is 0 Å². The Hall–Kier alpha value is -1.75. The third kappa shape index (κ3) is 7.70. The minimum atomic E-state index is -0.580. The molecule has 1 aromatic rings. The minimum absolute atomic E-state index is 0.0448. The van der Waals surface area contributed by atoms with Crippen LogP contribution >= 0.6 is 0 Å². The molecule has 0 heterocycles. The lowest BCUT2D eigenvalue weighted by atomic mass is 9.89. The summed E-state index contributed by atoms with van der Waals surface area (Å²) < 4.78 is 0. The summed E-state index contributed by atoms with van der Waals surface area (Å²) in [5.41, 5.74) is 1.19. The number of hydrogen-bond acceptors (Lipinski definition) is 4. The zero-order valence-electron chi connectivity index (χ0n) is 16.8. The molecule has 0 aliphatic heterocycles. The zero-order valence-corrected chi connectivity index (χ0v) is 16.8. The molecule has 4 nitrogen and oxygen atoms in total. The molecule has 28 heavy (non-hydrogen) atoms. The Labute approximate surface area is 168 Å². The lowest BCUT2D eigenvalue weighted by Gasteiger charge is -2.19. The molecule has 154 valence electrons. The second kappa shape index (κ2) is 11.9. The fourth-order valence-electron chi connectivity index (χ4n) is 3.86. The molecular formula is C24H34O4. The van der Waals surface area contributed by atoms with Gasteiger partial charge in [0.1, 0.15) is 5.78 Å². The highest BCUT2D eigenvalue weighted by Crippen LogP contribution is 2.36. The van der Waals surface area contributed by atoms with E-state index in [1.165, 1.54) is 5.56 Å². The SMILES string of the molecule is CC(=O)CCC/C=C\C[C@@H]1[C@@H](/C=C/[C@@H](O)CCc2ccccc2)[C@H](O)C[C@@H]1O. The number of hydrogen-bond donors (Lipinski definition) is 3. The molecule has 0 unspecified atom stereocenters. The van der Waals surface area contributed by atoms with Gasteiger partial charge in [0.2, 0.25) is 0 Å². The number of rotatable bonds is 11. The van der Waals surface area contributed by atoms with Gasteiger partial charge in [-0.05, 0) is 50.5 Å². The summed E-state index contributed by atoms with van der Waals surface area (Å²) in [6.07, 6.45) is 10.8. The van der Waals surface area contributed by atoms with Gasteiger partial charge in [0.05, 0.1) is 18.3 Å². The molecule has 1 aliphatic carbocycles. The van der Waals surface area contributed by atoms with E-state index in [9.17, 15) is 20.1 Å². The van der Waals surface area contributed by atoms with E-state index < -0.39 is 18.3 Å². The molecule has 0 radical (unpaired) electrons. The second-order valence-electron chi connectivity index (χ2n) is 7.89. The van der Waals surface area contributed by atoms with Crippen LogP contribution in [0, 0.1) is 11.8 Å². The summed E-state index contributed by atoms with van der Waals surface area (Å²) in [5.74, 6) is 0.0126. The summed E-state index contributed by atoms with van der Waals surface area (Å²) in [4.78, 5) is 10.9. The Balaban J connectivity index is 1.82. The van der Waals surface area contributed by atoms with Crippen molar-refractivity contribution >= 4 is 5.78 Å². The number of allylic oxidation sites excluding steroid dienone is 2. The van der Waals surface area contributed by atoms with Crippen molar-refractivity contribution in [1.29, 1.82) is 0 Å². The van der Waals surface area contributed by atoms with E-state index in [0.29, 0.717) is 25.7 Å². The fraction of sp³-hybridized carbons (Fsp3) is 0.542. The zero-order chi connectivity index (χ0) is 20.4. The van der Waals surface area contributed by atoms with Crippen LogP contribution < -0.4 is 0 Å². The molecule has 0 bridgehead atoms. The molecule has 1 saturated carbocycles. The third-order valence-electron chi connectivity index (χ3n) is 5.52. The summed E-state index contributed by atoms with van der Waals surface area (Å²) in [7, 11) is 0. The lowest BCUT2D eigenvalue weighted by molar-refractivity contribution is -0.117. The molecule has 0 saturated heterocycles. The Morgan fingerprint density at radius 2 is 1.93 bits per heavy atom. The van der Waals surface area contributed by atoms with E-state index in [1.54, 1.807) is 13.0 Å². The van der Waals surface area contributed by atoms with E-state index in [1.807, 2.05) is 42.5 Å². The third-order valence-corrected chi connectivity index (χ3v) is 5.52. The second-order valence-corrected chi connectivity index (χ2v) is 7.89. The van der Waals surface area contributed by atoms with Gasteiger partial charge in [-0.1, -0.05) is 54.6 Å². The van der Waals surface area contributed by atoms with Crippen molar-refractivity contribution < 1.29 is 20.1 Å². The molecule has 1 aromatic carbocycles. The fourth-order valence-corrected chi connectivity index (χ4v) is 3.86. The topological polar surface area (TPSA) is 77.8 Å². The van der Waals surface area contributed by atoms with Crippen molar-refractivity contribution in [3.8, 4) is 0 Å². The van der Waals surface area contributed by atoms with Gasteiger partial charge in [-0.25, -0.2) is 0 Å². The Kier molecular flexibility index (Phi) is 9.62. The van der Waals surface area contributed by atoms with Gasteiger partial charge in [0, 0.05) is 18.8 Å². The van der Waals surface area contributed by atoms with Crippen molar-refractivity contribution in [2.24, 2.45) is 11.8 Å². The van der Waals surface area contributed by atoms with Gasteiger partial charge in [-0.15, -0.1) is 0 Å². The first kappa shape index (κ1) is 22.5. The smallest absolute Gasteiger partial charge is 0.129 e. The van der Waals surface area contributed by atoms with Crippen LogP contribution in [0.1, 0.15) is 51.0 Å². The highest BCUT2D eigenvalue weighted by Gasteiger charge is 2.39. The number of benzene rings is 1. The molecule has 2 rings (SSSR count). The maximum absolute atomic E-state index is 10.9. The molecule has 0 spiro atoms. The highest BCUT2D eigenvalue weighted by molar-refractivity contribution is 5.75. The first-order chi connectivity index (χ1) is 13.5. The van der Waals surface area contributed by atoms with Crippen LogP contribution in [0.3, 0.4) is 0 Å². The summed E-state index contributed by atoms with van der Waals surface area (Å²) in [5, 5.41) is 30.8. The largest absolute Gasteiger partial charge is 0.393 e.